The number of carbonyl (C=O) groups is 1. The molecule has 1 N–H and O–H groups in total. The van der Waals surface area contributed by atoms with E-state index in [9.17, 15) is 14.4 Å². The Morgan fingerprint density at radius 3 is 2.75 bits per heavy atom. The summed E-state index contributed by atoms with van der Waals surface area (Å²) in [5.74, 6) is -0.317. The summed E-state index contributed by atoms with van der Waals surface area (Å²) in [5.41, 5.74) is -0.996. The van der Waals surface area contributed by atoms with E-state index in [0.717, 1.165) is 35.1 Å². The van der Waals surface area contributed by atoms with Crippen molar-refractivity contribution in [1.82, 2.24) is 14.5 Å². The van der Waals surface area contributed by atoms with Gasteiger partial charge in [0.1, 0.15) is 5.56 Å². The number of thiophene rings is 1. The molecule has 0 bridgehead atoms. The molecule has 0 spiro atoms. The Bertz CT molecular complexity index is 816. The van der Waals surface area contributed by atoms with Crippen LogP contribution in [0.5, 0.6) is 0 Å². The second-order valence-corrected chi connectivity index (χ2v) is 7.22. The number of rotatable bonds is 4. The first-order chi connectivity index (χ1) is 11.6. The molecule has 2 aromatic rings. The van der Waals surface area contributed by atoms with Crippen molar-refractivity contribution in [1.29, 1.82) is 0 Å². The predicted molar refractivity (Wildman–Crippen MR) is 93.7 cm³/mol. The molecule has 1 aliphatic rings. The van der Waals surface area contributed by atoms with Crippen LogP contribution in [0.4, 0.5) is 0 Å². The number of hydrogen-bond donors (Lipinski definition) is 1. The van der Waals surface area contributed by atoms with Crippen LogP contribution >= 0.6 is 11.3 Å². The van der Waals surface area contributed by atoms with E-state index in [2.05, 4.69) is 4.98 Å². The number of hydrogen-bond acceptors (Lipinski definition) is 4. The van der Waals surface area contributed by atoms with Crippen LogP contribution < -0.4 is 11.2 Å². The maximum Gasteiger partial charge on any atom is 0.328 e. The molecule has 0 saturated heterocycles. The lowest BCUT2D eigenvalue weighted by Gasteiger charge is -2.31. The average Bonchev–Trinajstić information content (AvgIpc) is 3.11. The van der Waals surface area contributed by atoms with Gasteiger partial charge < -0.3 is 9.88 Å². The van der Waals surface area contributed by atoms with E-state index in [1.54, 1.807) is 11.9 Å². The van der Waals surface area contributed by atoms with E-state index in [4.69, 9.17) is 0 Å². The number of carbonyl (C=O) groups excluding carboxylic acids is 1. The Morgan fingerprint density at radius 1 is 1.33 bits per heavy atom. The fraction of sp³-hybridized carbons (Fsp3) is 0.471. The fourth-order valence-electron chi connectivity index (χ4n) is 3.19. The maximum absolute atomic E-state index is 12.7. The topological polar surface area (TPSA) is 75.2 Å². The van der Waals surface area contributed by atoms with Crippen LogP contribution in [0.25, 0.3) is 0 Å². The average molecular weight is 347 g/mol. The summed E-state index contributed by atoms with van der Waals surface area (Å²) in [6.07, 6.45) is 6.60. The largest absolute Gasteiger partial charge is 0.339 e. The minimum atomic E-state index is -0.528. The lowest BCUT2D eigenvalue weighted by molar-refractivity contribution is 0.0693. The third kappa shape index (κ3) is 3.36. The van der Waals surface area contributed by atoms with Crippen molar-refractivity contribution in [2.75, 3.05) is 7.05 Å². The summed E-state index contributed by atoms with van der Waals surface area (Å²) in [6.45, 7) is 0.181. The van der Waals surface area contributed by atoms with Gasteiger partial charge in [0.2, 0.25) is 0 Å². The highest BCUT2D eigenvalue weighted by Gasteiger charge is 2.25. The summed E-state index contributed by atoms with van der Waals surface area (Å²) in [5, 5.41) is 1.89. The summed E-state index contributed by atoms with van der Waals surface area (Å²) in [7, 11) is 1.74. The van der Waals surface area contributed by atoms with Crippen molar-refractivity contribution in [2.45, 2.75) is 44.7 Å². The zero-order chi connectivity index (χ0) is 17.1. The second kappa shape index (κ2) is 7.17. The number of H-pyrrole nitrogens is 1. The van der Waals surface area contributed by atoms with Crippen molar-refractivity contribution in [2.24, 2.45) is 0 Å². The van der Waals surface area contributed by atoms with Crippen LogP contribution in [0, 0.1) is 0 Å². The van der Waals surface area contributed by atoms with Gasteiger partial charge in [-0.2, -0.15) is 0 Å². The van der Waals surface area contributed by atoms with E-state index < -0.39 is 11.2 Å². The van der Waals surface area contributed by atoms with Gasteiger partial charge in [-0.15, -0.1) is 11.3 Å². The lowest BCUT2D eigenvalue weighted by atomic mass is 9.94. The monoisotopic (exact) mass is 347 g/mol. The van der Waals surface area contributed by atoms with Gasteiger partial charge in [0.25, 0.3) is 11.5 Å². The maximum atomic E-state index is 12.7. The van der Waals surface area contributed by atoms with Gasteiger partial charge in [0.15, 0.2) is 0 Å². The number of nitrogens with one attached hydrogen (secondary N) is 1. The molecule has 128 valence electrons. The van der Waals surface area contributed by atoms with Gasteiger partial charge in [-0.25, -0.2) is 4.79 Å². The molecule has 0 radical (unpaired) electrons. The summed E-state index contributed by atoms with van der Waals surface area (Å²) >= 11 is 1.47. The number of aromatic amines is 1. The smallest absolute Gasteiger partial charge is 0.328 e. The molecule has 1 amide bonds. The minimum Gasteiger partial charge on any atom is -0.339 e. The molecule has 0 aromatic carbocycles. The molecule has 2 heterocycles. The molecule has 1 fully saturated rings. The third-order valence-electron chi connectivity index (χ3n) is 4.63. The zero-order valence-corrected chi connectivity index (χ0v) is 14.5. The lowest BCUT2D eigenvalue weighted by Crippen LogP contribution is -2.44. The molecular formula is C17H21N3O3S. The van der Waals surface area contributed by atoms with Crippen molar-refractivity contribution in [3.05, 3.63) is 55.0 Å². The van der Waals surface area contributed by atoms with Crippen LogP contribution in [0.3, 0.4) is 0 Å². The molecular weight excluding hydrogens is 326 g/mol. The van der Waals surface area contributed by atoms with Gasteiger partial charge in [-0.1, -0.05) is 25.3 Å². The molecule has 2 aromatic heterocycles. The van der Waals surface area contributed by atoms with Gasteiger partial charge in [-0.3, -0.25) is 14.2 Å². The SMILES string of the molecule is CN(C(=O)c1c[nH]c(=O)n(Cc2cccs2)c1=O)C1CCCCC1. The van der Waals surface area contributed by atoms with Crippen molar-refractivity contribution >= 4 is 17.2 Å². The molecule has 24 heavy (non-hydrogen) atoms. The molecule has 1 aliphatic carbocycles. The summed E-state index contributed by atoms with van der Waals surface area (Å²) in [6, 6.07) is 3.90. The standard InChI is InChI=1S/C17H21N3O3S/c1-19(12-6-3-2-4-7-12)15(21)14-10-18-17(23)20(16(14)22)11-13-8-5-9-24-13/h5,8-10,12H,2-4,6-7,11H2,1H3,(H,18,23). The van der Waals surface area contributed by atoms with Crippen molar-refractivity contribution < 1.29 is 4.79 Å². The quantitative estimate of drug-likeness (QED) is 0.920. The minimum absolute atomic E-state index is 0.0271. The van der Waals surface area contributed by atoms with E-state index in [-0.39, 0.29) is 24.1 Å². The first kappa shape index (κ1) is 16.7. The van der Waals surface area contributed by atoms with Crippen LogP contribution in [0.15, 0.2) is 33.3 Å². The zero-order valence-electron chi connectivity index (χ0n) is 13.7. The van der Waals surface area contributed by atoms with Gasteiger partial charge >= 0.3 is 5.69 Å². The van der Waals surface area contributed by atoms with Gasteiger partial charge in [-0.05, 0) is 24.3 Å². The third-order valence-corrected chi connectivity index (χ3v) is 5.49. The van der Waals surface area contributed by atoms with E-state index in [1.807, 2.05) is 17.5 Å². The number of amides is 1. The van der Waals surface area contributed by atoms with E-state index in [1.165, 1.54) is 24.0 Å². The predicted octanol–water partition coefficient (Wildman–Crippen LogP) is 2.05. The fourth-order valence-corrected chi connectivity index (χ4v) is 3.88. The van der Waals surface area contributed by atoms with Crippen LogP contribution in [0.2, 0.25) is 0 Å². The number of nitrogens with zero attached hydrogens (tertiary/aromatic N) is 2. The first-order valence-corrected chi connectivity index (χ1v) is 9.08. The van der Waals surface area contributed by atoms with Gasteiger partial charge in [0, 0.05) is 24.2 Å². The Hall–Kier alpha value is -2.15. The molecule has 7 heteroatoms. The molecule has 0 aliphatic heterocycles. The van der Waals surface area contributed by atoms with E-state index >= 15 is 0 Å². The highest BCUT2D eigenvalue weighted by molar-refractivity contribution is 7.09. The molecule has 6 nitrogen and oxygen atoms in total. The Kier molecular flexibility index (Phi) is 4.99. The normalized spacial score (nSPS) is 15.4. The summed E-state index contributed by atoms with van der Waals surface area (Å²) in [4.78, 5) is 42.4. The van der Waals surface area contributed by atoms with Crippen LogP contribution in [0.1, 0.15) is 47.3 Å². The van der Waals surface area contributed by atoms with Crippen LogP contribution in [-0.4, -0.2) is 33.4 Å². The highest BCUT2D eigenvalue weighted by atomic mass is 32.1. The molecule has 0 atom stereocenters. The second-order valence-electron chi connectivity index (χ2n) is 6.19. The first-order valence-electron chi connectivity index (χ1n) is 8.20. The van der Waals surface area contributed by atoms with Gasteiger partial charge in [0.05, 0.1) is 6.54 Å². The molecule has 3 rings (SSSR count). The Morgan fingerprint density at radius 2 is 2.08 bits per heavy atom. The van der Waals surface area contributed by atoms with Crippen molar-refractivity contribution in [3.63, 3.8) is 0 Å². The van der Waals surface area contributed by atoms with Crippen molar-refractivity contribution in [3.8, 4) is 0 Å². The van der Waals surface area contributed by atoms with Crippen LogP contribution in [-0.2, 0) is 6.54 Å². The Balaban J connectivity index is 1.89. The summed E-state index contributed by atoms with van der Waals surface area (Å²) < 4.78 is 1.09. The number of aromatic nitrogens is 2. The van der Waals surface area contributed by atoms with E-state index in [0.29, 0.717) is 0 Å². The highest BCUT2D eigenvalue weighted by Crippen LogP contribution is 2.22. The molecule has 0 unspecified atom stereocenters. The molecule has 1 saturated carbocycles. The Labute approximate surface area is 143 Å².